The summed E-state index contributed by atoms with van der Waals surface area (Å²) in [4.78, 5) is 13.2. The summed E-state index contributed by atoms with van der Waals surface area (Å²) < 4.78 is 39.8. The summed E-state index contributed by atoms with van der Waals surface area (Å²) >= 11 is 0. The number of likely N-dealkylation sites (tertiary alicyclic amines) is 1. The van der Waals surface area contributed by atoms with E-state index in [0.29, 0.717) is 24.9 Å². The molecular weight excluding hydrogens is 235 g/mol. The van der Waals surface area contributed by atoms with Crippen molar-refractivity contribution in [1.29, 1.82) is 0 Å². The van der Waals surface area contributed by atoms with Crippen LogP contribution in [0.1, 0.15) is 19.3 Å². The molecule has 1 amide bonds. The molecule has 2 rings (SSSR count). The van der Waals surface area contributed by atoms with E-state index in [4.69, 9.17) is 0 Å². The first-order valence-electron chi connectivity index (χ1n) is 5.88. The van der Waals surface area contributed by atoms with Gasteiger partial charge in [0, 0.05) is 13.1 Å². The molecule has 1 saturated carbocycles. The fourth-order valence-corrected chi connectivity index (χ4v) is 2.78. The first-order valence-corrected chi connectivity index (χ1v) is 5.88. The van der Waals surface area contributed by atoms with Crippen molar-refractivity contribution in [1.82, 2.24) is 4.90 Å². The van der Waals surface area contributed by atoms with Gasteiger partial charge in [0.25, 0.3) is 0 Å². The first kappa shape index (κ1) is 12.7. The van der Waals surface area contributed by atoms with Crippen LogP contribution < -0.4 is 0 Å². The van der Waals surface area contributed by atoms with E-state index in [-0.39, 0.29) is 5.91 Å². The van der Waals surface area contributed by atoms with Crippen LogP contribution in [0.4, 0.5) is 13.2 Å². The fraction of sp³-hybridized carbons (Fsp3) is 0.909. The average molecular weight is 251 g/mol. The van der Waals surface area contributed by atoms with Gasteiger partial charge in [0.15, 0.2) is 0 Å². The molecule has 0 spiro atoms. The van der Waals surface area contributed by atoms with Gasteiger partial charge in [-0.05, 0) is 24.7 Å². The van der Waals surface area contributed by atoms with Crippen molar-refractivity contribution in [3.63, 3.8) is 0 Å². The van der Waals surface area contributed by atoms with E-state index in [9.17, 15) is 18.0 Å². The number of hydrogen-bond donors (Lipinski definition) is 0. The molecule has 0 unspecified atom stereocenters. The van der Waals surface area contributed by atoms with Gasteiger partial charge < -0.3 is 9.64 Å². The average Bonchev–Trinajstić information content (AvgIpc) is 2.73. The molecule has 0 bridgehead atoms. The number of amides is 1. The van der Waals surface area contributed by atoms with Gasteiger partial charge in [-0.15, -0.1) is 0 Å². The quantitative estimate of drug-likeness (QED) is 0.765. The predicted octanol–water partition coefficient (Wildman–Crippen LogP) is 1.82. The number of carbonyl (C=O) groups excluding carboxylic acids is 1. The Bertz CT molecular complexity index is 281. The summed E-state index contributed by atoms with van der Waals surface area (Å²) in [6.07, 6.45) is -0.876. The van der Waals surface area contributed by atoms with E-state index >= 15 is 0 Å². The van der Waals surface area contributed by atoms with Gasteiger partial charge in [-0.3, -0.25) is 4.79 Å². The van der Waals surface area contributed by atoms with Crippen LogP contribution in [0.5, 0.6) is 0 Å². The SMILES string of the molecule is O=C(COCC(F)(F)F)N1C[C@H]2CCC[C@H]2C1. The third-order valence-corrected chi connectivity index (χ3v) is 3.57. The molecule has 3 nitrogen and oxygen atoms in total. The van der Waals surface area contributed by atoms with Crippen molar-refractivity contribution >= 4 is 5.91 Å². The van der Waals surface area contributed by atoms with Gasteiger partial charge in [-0.25, -0.2) is 0 Å². The predicted molar refractivity (Wildman–Crippen MR) is 54.3 cm³/mol. The molecule has 0 aromatic heterocycles. The molecule has 0 radical (unpaired) electrons. The number of halogens is 3. The van der Waals surface area contributed by atoms with Gasteiger partial charge >= 0.3 is 6.18 Å². The monoisotopic (exact) mass is 251 g/mol. The molecule has 6 heteroatoms. The van der Waals surface area contributed by atoms with Gasteiger partial charge in [-0.1, -0.05) is 6.42 Å². The molecule has 2 fully saturated rings. The van der Waals surface area contributed by atoms with Crippen molar-refractivity contribution in [2.75, 3.05) is 26.3 Å². The van der Waals surface area contributed by atoms with Gasteiger partial charge in [0.05, 0.1) is 0 Å². The molecule has 17 heavy (non-hydrogen) atoms. The second kappa shape index (κ2) is 4.84. The number of fused-ring (bicyclic) bond motifs is 1. The number of carbonyl (C=O) groups is 1. The maximum atomic E-state index is 11.8. The summed E-state index contributed by atoms with van der Waals surface area (Å²) in [5.74, 6) is 0.798. The summed E-state index contributed by atoms with van der Waals surface area (Å²) in [6, 6.07) is 0. The van der Waals surface area contributed by atoms with Crippen molar-refractivity contribution in [3.05, 3.63) is 0 Å². The van der Waals surface area contributed by atoms with E-state index in [1.807, 2.05) is 0 Å². The Morgan fingerprint density at radius 1 is 1.24 bits per heavy atom. The van der Waals surface area contributed by atoms with Crippen LogP contribution in [-0.2, 0) is 9.53 Å². The molecule has 98 valence electrons. The molecule has 1 saturated heterocycles. The Hall–Kier alpha value is -0.780. The van der Waals surface area contributed by atoms with Crippen LogP contribution >= 0.6 is 0 Å². The highest BCUT2D eigenvalue weighted by Crippen LogP contribution is 2.37. The third kappa shape index (κ3) is 3.34. The van der Waals surface area contributed by atoms with Crippen LogP contribution in [0, 0.1) is 11.8 Å². The lowest BCUT2D eigenvalue weighted by molar-refractivity contribution is -0.177. The minimum absolute atomic E-state index is 0.316. The Morgan fingerprint density at radius 3 is 2.35 bits per heavy atom. The lowest BCUT2D eigenvalue weighted by Crippen LogP contribution is -2.34. The number of alkyl halides is 3. The molecule has 1 aliphatic heterocycles. The summed E-state index contributed by atoms with van der Waals surface area (Å²) in [7, 11) is 0. The largest absolute Gasteiger partial charge is 0.411 e. The smallest absolute Gasteiger partial charge is 0.362 e. The van der Waals surface area contributed by atoms with Gasteiger partial charge in [0.2, 0.25) is 5.91 Å². The summed E-state index contributed by atoms with van der Waals surface area (Å²) in [5, 5.41) is 0. The Balaban J connectivity index is 1.71. The lowest BCUT2D eigenvalue weighted by atomic mass is 10.0. The minimum Gasteiger partial charge on any atom is -0.362 e. The fourth-order valence-electron chi connectivity index (χ4n) is 2.78. The van der Waals surface area contributed by atoms with E-state index in [1.54, 1.807) is 4.90 Å². The second-order valence-electron chi connectivity index (χ2n) is 4.86. The molecular formula is C11H16F3NO2. The van der Waals surface area contributed by atoms with Crippen molar-refractivity contribution in [2.24, 2.45) is 11.8 Å². The van der Waals surface area contributed by atoms with E-state index in [2.05, 4.69) is 4.74 Å². The van der Waals surface area contributed by atoms with Crippen LogP contribution in [0.2, 0.25) is 0 Å². The van der Waals surface area contributed by atoms with Crippen molar-refractivity contribution in [2.45, 2.75) is 25.4 Å². The zero-order valence-corrected chi connectivity index (χ0v) is 9.50. The molecule has 2 aliphatic rings. The minimum atomic E-state index is -4.36. The summed E-state index contributed by atoms with van der Waals surface area (Å²) in [6.45, 7) is -0.420. The van der Waals surface area contributed by atoms with E-state index in [0.717, 1.165) is 12.8 Å². The first-order chi connectivity index (χ1) is 7.96. The maximum Gasteiger partial charge on any atom is 0.411 e. The van der Waals surface area contributed by atoms with Crippen LogP contribution in [0.25, 0.3) is 0 Å². The highest BCUT2D eigenvalue weighted by atomic mass is 19.4. The number of ether oxygens (including phenoxy) is 1. The molecule has 0 N–H and O–H groups in total. The zero-order chi connectivity index (χ0) is 12.5. The molecule has 1 aliphatic carbocycles. The molecule has 1 heterocycles. The van der Waals surface area contributed by atoms with Crippen molar-refractivity contribution in [3.8, 4) is 0 Å². The van der Waals surface area contributed by atoms with Crippen LogP contribution in [-0.4, -0.2) is 43.3 Å². The number of hydrogen-bond acceptors (Lipinski definition) is 2. The van der Waals surface area contributed by atoms with E-state index < -0.39 is 19.4 Å². The topological polar surface area (TPSA) is 29.5 Å². The Kier molecular flexibility index (Phi) is 3.61. The zero-order valence-electron chi connectivity index (χ0n) is 9.50. The normalized spacial score (nSPS) is 28.5. The van der Waals surface area contributed by atoms with Crippen molar-refractivity contribution < 1.29 is 22.7 Å². The summed E-state index contributed by atoms with van der Waals surface area (Å²) in [5.41, 5.74) is 0. The molecule has 2 atom stereocenters. The van der Waals surface area contributed by atoms with Crippen LogP contribution in [0.15, 0.2) is 0 Å². The second-order valence-corrected chi connectivity index (χ2v) is 4.86. The highest BCUT2D eigenvalue weighted by Gasteiger charge is 2.38. The Labute approximate surface area is 97.9 Å². The van der Waals surface area contributed by atoms with E-state index in [1.165, 1.54) is 6.42 Å². The Morgan fingerprint density at radius 2 is 1.82 bits per heavy atom. The maximum absolute atomic E-state index is 11.8. The van der Waals surface area contributed by atoms with Gasteiger partial charge in [0.1, 0.15) is 13.2 Å². The lowest BCUT2D eigenvalue weighted by Gasteiger charge is -2.17. The standard InChI is InChI=1S/C11H16F3NO2/c12-11(13,14)7-17-6-10(16)15-4-8-2-1-3-9(8)5-15/h8-9H,1-7H2/t8-,9+. The molecule has 0 aromatic carbocycles. The number of nitrogens with zero attached hydrogens (tertiary/aromatic N) is 1. The highest BCUT2D eigenvalue weighted by molar-refractivity contribution is 5.77. The third-order valence-electron chi connectivity index (χ3n) is 3.57. The molecule has 0 aromatic rings. The van der Waals surface area contributed by atoms with Gasteiger partial charge in [-0.2, -0.15) is 13.2 Å². The number of rotatable bonds is 3. The van der Waals surface area contributed by atoms with Crippen LogP contribution in [0.3, 0.4) is 0 Å².